The Morgan fingerprint density at radius 3 is 2.93 bits per heavy atom. The molecule has 154 valence electrons. The van der Waals surface area contributed by atoms with Gasteiger partial charge in [-0.15, -0.1) is 0 Å². The molecular weight excluding hydrogens is 380 g/mol. The molecule has 30 heavy (non-hydrogen) atoms. The molecule has 5 rings (SSSR count). The van der Waals surface area contributed by atoms with Crippen molar-refractivity contribution in [3.63, 3.8) is 0 Å². The second-order valence-corrected chi connectivity index (χ2v) is 7.56. The summed E-state index contributed by atoms with van der Waals surface area (Å²) in [5.41, 5.74) is 2.77. The number of rotatable bonds is 6. The molecule has 1 aliphatic heterocycles. The average Bonchev–Trinajstić information content (AvgIpc) is 3.14. The first-order valence-corrected chi connectivity index (χ1v) is 10.2. The van der Waals surface area contributed by atoms with Crippen LogP contribution in [0.5, 0.6) is 11.5 Å². The summed E-state index contributed by atoms with van der Waals surface area (Å²) in [5.74, 6) is 2.68. The minimum absolute atomic E-state index is 0.103. The van der Waals surface area contributed by atoms with E-state index in [0.717, 1.165) is 71.9 Å². The Balaban J connectivity index is 1.19. The number of para-hydroxylation sites is 1. The lowest BCUT2D eigenvalue weighted by Gasteiger charge is -2.27. The summed E-state index contributed by atoms with van der Waals surface area (Å²) in [4.78, 5) is 21.6. The molecule has 0 radical (unpaired) electrons. The van der Waals surface area contributed by atoms with Gasteiger partial charge in [0.15, 0.2) is 0 Å². The summed E-state index contributed by atoms with van der Waals surface area (Å²) in [6.07, 6.45) is 0.924. The molecule has 0 spiro atoms. The third-order valence-corrected chi connectivity index (χ3v) is 5.63. The number of imidazole rings is 1. The zero-order chi connectivity index (χ0) is 20.5. The maximum atomic E-state index is 11.5. The SMILES string of the molecule is COc1cccc2c1nc1n2CCN(CCCOc2ccc3ccc(=O)[nH]c3c2)C1. The predicted octanol–water partition coefficient (Wildman–Crippen LogP) is 3.17. The normalized spacial score (nSPS) is 14.2. The van der Waals surface area contributed by atoms with E-state index in [4.69, 9.17) is 14.5 Å². The van der Waals surface area contributed by atoms with E-state index in [1.165, 1.54) is 6.07 Å². The van der Waals surface area contributed by atoms with Crippen LogP contribution >= 0.6 is 0 Å². The monoisotopic (exact) mass is 404 g/mol. The van der Waals surface area contributed by atoms with Gasteiger partial charge in [0.25, 0.3) is 0 Å². The number of pyridine rings is 1. The van der Waals surface area contributed by atoms with E-state index in [0.29, 0.717) is 6.61 Å². The van der Waals surface area contributed by atoms with E-state index in [1.54, 1.807) is 7.11 Å². The lowest BCUT2D eigenvalue weighted by molar-refractivity contribution is 0.197. The van der Waals surface area contributed by atoms with Crippen molar-refractivity contribution in [3.8, 4) is 11.5 Å². The van der Waals surface area contributed by atoms with Crippen LogP contribution in [0.25, 0.3) is 21.9 Å². The summed E-state index contributed by atoms with van der Waals surface area (Å²) in [6, 6.07) is 15.2. The maximum absolute atomic E-state index is 11.5. The van der Waals surface area contributed by atoms with Crippen molar-refractivity contribution in [2.24, 2.45) is 0 Å². The van der Waals surface area contributed by atoms with E-state index >= 15 is 0 Å². The van der Waals surface area contributed by atoms with Crippen LogP contribution in [-0.4, -0.2) is 46.2 Å². The lowest BCUT2D eigenvalue weighted by Crippen LogP contribution is -2.35. The number of methoxy groups -OCH3 is 1. The second-order valence-electron chi connectivity index (χ2n) is 7.56. The quantitative estimate of drug-likeness (QED) is 0.500. The third kappa shape index (κ3) is 3.52. The van der Waals surface area contributed by atoms with Gasteiger partial charge in [-0.05, 0) is 42.1 Å². The first-order valence-electron chi connectivity index (χ1n) is 10.2. The molecule has 1 aliphatic rings. The molecule has 0 fully saturated rings. The van der Waals surface area contributed by atoms with Gasteiger partial charge in [0, 0.05) is 31.8 Å². The summed E-state index contributed by atoms with van der Waals surface area (Å²) in [7, 11) is 1.69. The lowest BCUT2D eigenvalue weighted by atomic mass is 10.2. The van der Waals surface area contributed by atoms with Crippen molar-refractivity contribution in [1.29, 1.82) is 0 Å². The average molecular weight is 404 g/mol. The number of ether oxygens (including phenoxy) is 2. The maximum Gasteiger partial charge on any atom is 0.248 e. The van der Waals surface area contributed by atoms with Gasteiger partial charge in [-0.3, -0.25) is 9.69 Å². The highest BCUT2D eigenvalue weighted by molar-refractivity contribution is 5.82. The molecule has 0 bridgehead atoms. The van der Waals surface area contributed by atoms with Gasteiger partial charge >= 0.3 is 0 Å². The molecule has 0 amide bonds. The zero-order valence-electron chi connectivity index (χ0n) is 16.9. The van der Waals surface area contributed by atoms with Crippen molar-refractivity contribution in [1.82, 2.24) is 19.4 Å². The van der Waals surface area contributed by atoms with Gasteiger partial charge in [-0.1, -0.05) is 6.07 Å². The van der Waals surface area contributed by atoms with Crippen molar-refractivity contribution in [2.45, 2.75) is 19.5 Å². The van der Waals surface area contributed by atoms with Crippen molar-refractivity contribution in [2.75, 3.05) is 26.8 Å². The molecule has 7 nitrogen and oxygen atoms in total. The number of benzene rings is 2. The molecule has 0 aliphatic carbocycles. The summed E-state index contributed by atoms with van der Waals surface area (Å²) >= 11 is 0. The highest BCUT2D eigenvalue weighted by atomic mass is 16.5. The molecule has 4 aromatic rings. The third-order valence-electron chi connectivity index (χ3n) is 5.63. The zero-order valence-corrected chi connectivity index (χ0v) is 16.9. The smallest absolute Gasteiger partial charge is 0.248 e. The first kappa shape index (κ1) is 18.7. The Labute approximate surface area is 173 Å². The molecule has 7 heteroatoms. The van der Waals surface area contributed by atoms with Gasteiger partial charge in [0.2, 0.25) is 5.56 Å². The van der Waals surface area contributed by atoms with E-state index in [2.05, 4.69) is 20.5 Å². The Morgan fingerprint density at radius 1 is 1.13 bits per heavy atom. The highest BCUT2D eigenvalue weighted by Crippen LogP contribution is 2.28. The number of nitrogens with one attached hydrogen (secondary N) is 1. The molecule has 2 aromatic heterocycles. The molecule has 2 aromatic carbocycles. The van der Waals surface area contributed by atoms with E-state index in [-0.39, 0.29) is 5.56 Å². The standard InChI is InChI=1S/C23H24N4O3/c1-29-20-5-2-4-19-23(20)25-21-15-26(11-12-27(19)21)10-3-13-30-17-8-6-16-7-9-22(28)24-18(16)14-17/h2,4-9,14H,3,10-13,15H2,1H3,(H,24,28). The number of hydrogen-bond acceptors (Lipinski definition) is 5. The summed E-state index contributed by atoms with van der Waals surface area (Å²) in [5, 5.41) is 0.995. The van der Waals surface area contributed by atoms with Gasteiger partial charge in [0.1, 0.15) is 22.8 Å². The summed E-state index contributed by atoms with van der Waals surface area (Å²) < 4.78 is 13.7. The number of fused-ring (bicyclic) bond motifs is 4. The molecule has 3 heterocycles. The molecule has 0 atom stereocenters. The number of aromatic nitrogens is 3. The minimum Gasteiger partial charge on any atom is -0.494 e. The van der Waals surface area contributed by atoms with Crippen LogP contribution in [-0.2, 0) is 13.1 Å². The Hall–Kier alpha value is -3.32. The highest BCUT2D eigenvalue weighted by Gasteiger charge is 2.21. The van der Waals surface area contributed by atoms with Crippen LogP contribution in [0.1, 0.15) is 12.2 Å². The van der Waals surface area contributed by atoms with Crippen LogP contribution in [0.15, 0.2) is 53.3 Å². The molecule has 0 saturated heterocycles. The topological polar surface area (TPSA) is 72.4 Å². The van der Waals surface area contributed by atoms with Crippen LogP contribution in [0, 0.1) is 0 Å². The van der Waals surface area contributed by atoms with E-state index in [9.17, 15) is 4.79 Å². The number of H-pyrrole nitrogens is 1. The fourth-order valence-electron chi connectivity index (χ4n) is 4.11. The van der Waals surface area contributed by atoms with E-state index in [1.807, 2.05) is 36.4 Å². The van der Waals surface area contributed by atoms with Crippen LogP contribution < -0.4 is 15.0 Å². The van der Waals surface area contributed by atoms with Crippen molar-refractivity contribution in [3.05, 3.63) is 64.7 Å². The fraction of sp³-hybridized carbons (Fsp3) is 0.304. The van der Waals surface area contributed by atoms with Crippen molar-refractivity contribution < 1.29 is 9.47 Å². The van der Waals surface area contributed by atoms with Crippen molar-refractivity contribution >= 4 is 21.9 Å². The number of aromatic amines is 1. The predicted molar refractivity (Wildman–Crippen MR) is 116 cm³/mol. The van der Waals surface area contributed by atoms with Gasteiger partial charge in [0.05, 0.1) is 31.3 Å². The molecule has 0 unspecified atom stereocenters. The number of nitrogens with zero attached hydrogens (tertiary/aromatic N) is 3. The second kappa shape index (κ2) is 7.84. The van der Waals surface area contributed by atoms with Crippen LogP contribution in [0.4, 0.5) is 0 Å². The molecule has 0 saturated carbocycles. The largest absolute Gasteiger partial charge is 0.494 e. The van der Waals surface area contributed by atoms with Gasteiger partial charge in [-0.2, -0.15) is 0 Å². The fourth-order valence-corrected chi connectivity index (χ4v) is 4.11. The van der Waals surface area contributed by atoms with E-state index < -0.39 is 0 Å². The summed E-state index contributed by atoms with van der Waals surface area (Å²) in [6.45, 7) is 4.33. The van der Waals surface area contributed by atoms with Gasteiger partial charge in [-0.25, -0.2) is 4.98 Å². The molecular formula is C23H24N4O3. The Kier molecular flexibility index (Phi) is 4.88. The number of hydrogen-bond donors (Lipinski definition) is 1. The minimum atomic E-state index is -0.103. The van der Waals surface area contributed by atoms with Gasteiger partial charge < -0.3 is 19.0 Å². The first-order chi connectivity index (χ1) is 14.7. The molecule has 1 N–H and O–H groups in total. The Morgan fingerprint density at radius 2 is 2.03 bits per heavy atom. The van der Waals surface area contributed by atoms with Crippen LogP contribution in [0.3, 0.4) is 0 Å². The Bertz CT molecular complexity index is 1260. The van der Waals surface area contributed by atoms with Crippen LogP contribution in [0.2, 0.25) is 0 Å².